The van der Waals surface area contributed by atoms with E-state index in [0.717, 1.165) is 10.6 Å². The van der Waals surface area contributed by atoms with Gasteiger partial charge in [0.05, 0.1) is 24.7 Å². The second-order valence-electron chi connectivity index (χ2n) is 9.92. The summed E-state index contributed by atoms with van der Waals surface area (Å²) in [7, 11) is -4.17. The fourth-order valence-electron chi connectivity index (χ4n) is 4.63. The van der Waals surface area contributed by atoms with Crippen LogP contribution in [0.25, 0.3) is 6.08 Å². The third-order valence-electron chi connectivity index (χ3n) is 6.66. The van der Waals surface area contributed by atoms with E-state index in [0.29, 0.717) is 55.1 Å². The van der Waals surface area contributed by atoms with E-state index in [4.69, 9.17) is 9.47 Å². The van der Waals surface area contributed by atoms with Crippen molar-refractivity contribution in [1.82, 2.24) is 9.62 Å². The first kappa shape index (κ1) is 32.0. The van der Waals surface area contributed by atoms with Gasteiger partial charge in [-0.15, -0.1) is 11.3 Å². The molecule has 0 unspecified atom stereocenters. The lowest BCUT2D eigenvalue weighted by atomic mass is 10.0. The van der Waals surface area contributed by atoms with Crippen LogP contribution in [0.15, 0.2) is 83.2 Å². The molecule has 11 heteroatoms. The number of benzene rings is 2. The van der Waals surface area contributed by atoms with E-state index in [9.17, 15) is 18.0 Å². The SMILES string of the molecule is C=C1C=Cc2cc(S(=O)(=O)N[C@@H](C(=O)N(CCC)Cc3cccs3)c3ccccc3OCCCC(=O)OCC)ccc2N1. The molecule has 9 nitrogen and oxygen atoms in total. The molecule has 3 aromatic rings. The van der Waals surface area contributed by atoms with Crippen molar-refractivity contribution in [2.75, 3.05) is 25.1 Å². The molecular weight excluding hydrogens is 587 g/mol. The highest BCUT2D eigenvalue weighted by molar-refractivity contribution is 7.89. The Morgan fingerprint density at radius 2 is 1.91 bits per heavy atom. The van der Waals surface area contributed by atoms with E-state index < -0.39 is 22.0 Å². The highest BCUT2D eigenvalue weighted by Crippen LogP contribution is 2.31. The molecule has 0 radical (unpaired) electrons. The second-order valence-corrected chi connectivity index (χ2v) is 12.7. The summed E-state index contributed by atoms with van der Waals surface area (Å²) in [6.45, 7) is 8.88. The zero-order valence-electron chi connectivity index (χ0n) is 24.4. The Balaban J connectivity index is 1.66. The smallest absolute Gasteiger partial charge is 0.305 e. The van der Waals surface area contributed by atoms with Gasteiger partial charge in [0.2, 0.25) is 15.9 Å². The maximum atomic E-state index is 14.2. The number of para-hydroxylation sites is 1. The normalized spacial score (nSPS) is 13.1. The van der Waals surface area contributed by atoms with Crippen LogP contribution in [-0.4, -0.2) is 45.0 Å². The van der Waals surface area contributed by atoms with Crippen molar-refractivity contribution in [2.45, 2.75) is 50.6 Å². The first-order chi connectivity index (χ1) is 20.7. The van der Waals surface area contributed by atoms with E-state index >= 15 is 0 Å². The Labute approximate surface area is 257 Å². The topological polar surface area (TPSA) is 114 Å². The van der Waals surface area contributed by atoms with Gasteiger partial charge in [-0.2, -0.15) is 4.72 Å². The summed E-state index contributed by atoms with van der Waals surface area (Å²) in [4.78, 5) is 28.7. The fourth-order valence-corrected chi connectivity index (χ4v) is 6.55. The fraction of sp³-hybridized carbons (Fsp3) is 0.312. The molecule has 1 amide bonds. The lowest BCUT2D eigenvalue weighted by molar-refractivity contribution is -0.143. The molecule has 0 aliphatic carbocycles. The second kappa shape index (κ2) is 15.0. The molecule has 1 aliphatic rings. The predicted molar refractivity (Wildman–Crippen MR) is 169 cm³/mol. The van der Waals surface area contributed by atoms with E-state index in [2.05, 4.69) is 16.6 Å². The summed E-state index contributed by atoms with van der Waals surface area (Å²) in [6, 6.07) is 14.2. The largest absolute Gasteiger partial charge is 0.493 e. The first-order valence-electron chi connectivity index (χ1n) is 14.2. The lowest BCUT2D eigenvalue weighted by Gasteiger charge is -2.28. The van der Waals surface area contributed by atoms with Gasteiger partial charge in [0, 0.05) is 34.8 Å². The van der Waals surface area contributed by atoms with Crippen LogP contribution < -0.4 is 14.8 Å². The van der Waals surface area contributed by atoms with Gasteiger partial charge in [-0.25, -0.2) is 8.42 Å². The van der Waals surface area contributed by atoms with Crippen molar-refractivity contribution < 1.29 is 27.5 Å². The monoisotopic (exact) mass is 623 g/mol. The molecular formula is C32H37N3O6S2. The number of fused-ring (bicyclic) bond motifs is 1. The van der Waals surface area contributed by atoms with Crippen LogP contribution in [0.1, 0.15) is 55.2 Å². The first-order valence-corrected chi connectivity index (χ1v) is 16.6. The van der Waals surface area contributed by atoms with E-state index in [1.54, 1.807) is 60.4 Å². The molecule has 228 valence electrons. The van der Waals surface area contributed by atoms with E-state index in [1.165, 1.54) is 17.4 Å². The average Bonchev–Trinajstić information content (AvgIpc) is 3.51. The highest BCUT2D eigenvalue weighted by Gasteiger charge is 2.33. The third-order valence-corrected chi connectivity index (χ3v) is 8.94. The van der Waals surface area contributed by atoms with Gasteiger partial charge in [0.25, 0.3) is 0 Å². The number of hydrogen-bond donors (Lipinski definition) is 2. The summed E-state index contributed by atoms with van der Waals surface area (Å²) in [5.41, 5.74) is 2.52. The number of nitrogens with zero attached hydrogens (tertiary/aromatic N) is 1. The molecule has 1 atom stereocenters. The van der Waals surface area contributed by atoms with Crippen LogP contribution in [0.3, 0.4) is 0 Å². The maximum absolute atomic E-state index is 14.2. The van der Waals surface area contributed by atoms with Gasteiger partial charge in [0.1, 0.15) is 11.8 Å². The molecule has 2 N–H and O–H groups in total. The molecule has 0 saturated carbocycles. The predicted octanol–water partition coefficient (Wildman–Crippen LogP) is 5.88. The van der Waals surface area contributed by atoms with Crippen LogP contribution in [0.4, 0.5) is 5.69 Å². The van der Waals surface area contributed by atoms with Crippen LogP contribution in [0.2, 0.25) is 0 Å². The summed E-state index contributed by atoms with van der Waals surface area (Å²) in [6.07, 6.45) is 4.84. The molecule has 2 heterocycles. The quantitative estimate of drug-likeness (QED) is 0.161. The Morgan fingerprint density at radius 1 is 1.09 bits per heavy atom. The average molecular weight is 624 g/mol. The van der Waals surface area contributed by atoms with Crippen molar-refractivity contribution in [2.24, 2.45) is 0 Å². The van der Waals surface area contributed by atoms with E-state index in [1.807, 2.05) is 24.4 Å². The minimum absolute atomic E-state index is 0.0242. The molecule has 1 aliphatic heterocycles. The van der Waals surface area contributed by atoms with E-state index in [-0.39, 0.29) is 23.9 Å². The van der Waals surface area contributed by atoms with Gasteiger partial charge in [-0.3, -0.25) is 9.59 Å². The molecule has 43 heavy (non-hydrogen) atoms. The molecule has 2 aromatic carbocycles. The number of hydrogen-bond acceptors (Lipinski definition) is 8. The number of nitrogens with one attached hydrogen (secondary N) is 2. The number of amides is 1. The van der Waals surface area contributed by atoms with Crippen molar-refractivity contribution in [3.05, 3.63) is 94.3 Å². The van der Waals surface area contributed by atoms with Crippen molar-refractivity contribution >= 4 is 45.0 Å². The number of rotatable bonds is 15. The number of sulfonamides is 1. The molecule has 0 bridgehead atoms. The van der Waals surface area contributed by atoms with Crippen molar-refractivity contribution in [3.63, 3.8) is 0 Å². The van der Waals surface area contributed by atoms with Gasteiger partial charge in [-0.1, -0.05) is 43.8 Å². The van der Waals surface area contributed by atoms with Crippen LogP contribution >= 0.6 is 11.3 Å². The molecule has 4 rings (SSSR count). The van der Waals surface area contributed by atoms with Gasteiger partial charge < -0.3 is 19.7 Å². The number of carbonyl (C=O) groups is 2. The van der Waals surface area contributed by atoms with Crippen molar-refractivity contribution in [3.8, 4) is 5.75 Å². The zero-order chi connectivity index (χ0) is 30.8. The third kappa shape index (κ3) is 8.56. The summed E-state index contributed by atoms with van der Waals surface area (Å²) >= 11 is 1.53. The molecule has 0 saturated heterocycles. The van der Waals surface area contributed by atoms with Gasteiger partial charge in [-0.05, 0) is 67.1 Å². The number of thiophene rings is 1. The summed E-state index contributed by atoms with van der Waals surface area (Å²) < 4.78 is 41.4. The maximum Gasteiger partial charge on any atom is 0.305 e. The zero-order valence-corrected chi connectivity index (χ0v) is 26.0. The molecule has 0 spiro atoms. The number of anilines is 1. The lowest BCUT2D eigenvalue weighted by Crippen LogP contribution is -2.43. The summed E-state index contributed by atoms with van der Waals surface area (Å²) in [5.74, 6) is -0.350. The Bertz CT molecular complexity index is 1570. The number of carbonyl (C=O) groups excluding carboxylic acids is 2. The van der Waals surface area contributed by atoms with Gasteiger partial charge >= 0.3 is 5.97 Å². The van der Waals surface area contributed by atoms with Crippen LogP contribution in [0, 0.1) is 0 Å². The number of esters is 1. The number of ether oxygens (including phenoxy) is 2. The van der Waals surface area contributed by atoms with Crippen molar-refractivity contribution in [1.29, 1.82) is 0 Å². The Kier molecular flexibility index (Phi) is 11.2. The minimum Gasteiger partial charge on any atom is -0.493 e. The number of allylic oxidation sites excluding steroid dienone is 1. The Hall–Kier alpha value is -3.93. The molecule has 1 aromatic heterocycles. The van der Waals surface area contributed by atoms with Crippen LogP contribution in [-0.2, 0) is 30.9 Å². The minimum atomic E-state index is -4.17. The van der Waals surface area contributed by atoms with Crippen LogP contribution in [0.5, 0.6) is 5.75 Å². The van der Waals surface area contributed by atoms with Gasteiger partial charge in [0.15, 0.2) is 0 Å². The standard InChI is InChI=1S/C32H37N3O6S2/c1-4-18-35(22-25-10-9-20-42-25)32(37)31(27-11-6-7-12-29(27)41-19-8-13-30(36)40-5-2)34-43(38,39)26-16-17-28-24(21-26)15-14-23(3)33-28/h6-7,9-12,14-17,20-21,31,33-34H,3-5,8,13,18-19,22H2,1-2H3/t31-/m1/s1. The highest BCUT2D eigenvalue weighted by atomic mass is 32.2. The summed E-state index contributed by atoms with van der Waals surface area (Å²) in [5, 5.41) is 5.06. The Morgan fingerprint density at radius 3 is 2.65 bits per heavy atom. The molecule has 0 fully saturated rings.